The number of amides is 1. The number of hydrogen-bond acceptors (Lipinski definition) is 5. The largest absolute Gasteiger partial charge is 0.497 e. The molecule has 144 valence electrons. The summed E-state index contributed by atoms with van der Waals surface area (Å²) in [5.74, 6) is 1.89. The van der Waals surface area contributed by atoms with Gasteiger partial charge in [-0.1, -0.05) is 13.8 Å². The van der Waals surface area contributed by atoms with Gasteiger partial charge in [0.1, 0.15) is 17.2 Å². The van der Waals surface area contributed by atoms with Crippen molar-refractivity contribution in [1.29, 1.82) is 0 Å². The van der Waals surface area contributed by atoms with Crippen LogP contribution in [0.25, 0.3) is 0 Å². The third-order valence-corrected chi connectivity index (χ3v) is 4.22. The second-order valence-corrected chi connectivity index (χ2v) is 6.41. The first-order chi connectivity index (χ1) is 12.9. The minimum absolute atomic E-state index is 0.312. The fraction of sp³-hybridized carbons (Fsp3) is 0.333. The van der Waals surface area contributed by atoms with Gasteiger partial charge in [0.25, 0.3) is 5.91 Å². The Bertz CT molecular complexity index is 822. The van der Waals surface area contributed by atoms with E-state index in [1.807, 2.05) is 19.1 Å². The van der Waals surface area contributed by atoms with E-state index in [1.54, 1.807) is 31.5 Å². The Hall–Kier alpha value is -3.02. The molecule has 0 fully saturated rings. The third kappa shape index (κ3) is 5.00. The quantitative estimate of drug-likeness (QED) is 0.593. The van der Waals surface area contributed by atoms with Crippen molar-refractivity contribution in [2.75, 3.05) is 21.3 Å². The lowest BCUT2D eigenvalue weighted by molar-refractivity contribution is 0.0954. The lowest BCUT2D eigenvalue weighted by Crippen LogP contribution is -2.18. The first-order valence-electron chi connectivity index (χ1n) is 8.64. The zero-order valence-electron chi connectivity index (χ0n) is 16.6. The van der Waals surface area contributed by atoms with Gasteiger partial charge < -0.3 is 14.2 Å². The topological polar surface area (TPSA) is 69.2 Å². The smallest absolute Gasteiger partial charge is 0.271 e. The van der Waals surface area contributed by atoms with Gasteiger partial charge in [-0.05, 0) is 53.8 Å². The molecular formula is C21H26N2O4. The molecule has 0 aromatic heterocycles. The molecule has 2 aromatic carbocycles. The van der Waals surface area contributed by atoms with Crippen LogP contribution in [-0.4, -0.2) is 33.5 Å². The summed E-state index contributed by atoms with van der Waals surface area (Å²) >= 11 is 0. The standard InChI is InChI=1S/C21H26N2O4/c1-13(2)19-10-16(14(3)7-20(19)27-6)12-22-23-21(24)15-8-17(25-4)11-18(9-15)26-5/h7-13H,1-6H3,(H,23,24)/b22-12-. The maximum absolute atomic E-state index is 12.4. The summed E-state index contributed by atoms with van der Waals surface area (Å²) in [5.41, 5.74) is 5.97. The molecule has 0 unspecified atom stereocenters. The SMILES string of the molecule is COc1cc(OC)cc(C(=O)N/N=C\c2cc(C(C)C)c(OC)cc2C)c1. The average molecular weight is 370 g/mol. The lowest BCUT2D eigenvalue weighted by atomic mass is 9.97. The van der Waals surface area contributed by atoms with Crippen molar-refractivity contribution < 1.29 is 19.0 Å². The minimum Gasteiger partial charge on any atom is -0.497 e. The molecule has 0 aliphatic carbocycles. The predicted octanol–water partition coefficient (Wildman–Crippen LogP) is 3.91. The number of hydrogen-bond donors (Lipinski definition) is 1. The first kappa shape index (κ1) is 20.3. The molecule has 2 aromatic rings. The van der Waals surface area contributed by atoms with Gasteiger partial charge in [-0.25, -0.2) is 5.43 Å². The van der Waals surface area contributed by atoms with Crippen LogP contribution in [0.1, 0.15) is 46.8 Å². The highest BCUT2D eigenvalue weighted by atomic mass is 16.5. The van der Waals surface area contributed by atoms with Crippen molar-refractivity contribution in [2.24, 2.45) is 5.10 Å². The molecule has 0 heterocycles. The van der Waals surface area contributed by atoms with Crippen LogP contribution in [0.5, 0.6) is 17.2 Å². The molecular weight excluding hydrogens is 344 g/mol. The van der Waals surface area contributed by atoms with Crippen LogP contribution >= 0.6 is 0 Å². The molecule has 1 amide bonds. The van der Waals surface area contributed by atoms with E-state index >= 15 is 0 Å². The minimum atomic E-state index is -0.348. The number of nitrogens with zero attached hydrogens (tertiary/aromatic N) is 1. The molecule has 0 aliphatic rings. The summed E-state index contributed by atoms with van der Waals surface area (Å²) in [7, 11) is 4.73. The zero-order valence-corrected chi connectivity index (χ0v) is 16.6. The number of carbonyl (C=O) groups excluding carboxylic acids is 1. The molecule has 1 N–H and O–H groups in total. The molecule has 0 bridgehead atoms. The van der Waals surface area contributed by atoms with Crippen molar-refractivity contribution in [2.45, 2.75) is 26.7 Å². The molecule has 2 rings (SSSR count). The van der Waals surface area contributed by atoms with Gasteiger partial charge in [-0.15, -0.1) is 0 Å². The number of nitrogens with one attached hydrogen (secondary N) is 1. The number of aryl methyl sites for hydroxylation is 1. The summed E-state index contributed by atoms with van der Waals surface area (Å²) in [6.07, 6.45) is 1.63. The summed E-state index contributed by atoms with van der Waals surface area (Å²) in [5, 5.41) is 4.10. The van der Waals surface area contributed by atoms with E-state index in [2.05, 4.69) is 24.4 Å². The van der Waals surface area contributed by atoms with E-state index in [4.69, 9.17) is 14.2 Å². The summed E-state index contributed by atoms with van der Waals surface area (Å²) in [6.45, 7) is 6.18. The van der Waals surface area contributed by atoms with Crippen LogP contribution in [0.4, 0.5) is 0 Å². The second kappa shape index (κ2) is 9.07. The lowest BCUT2D eigenvalue weighted by Gasteiger charge is -2.14. The van der Waals surface area contributed by atoms with Gasteiger partial charge >= 0.3 is 0 Å². The molecule has 0 atom stereocenters. The Morgan fingerprint density at radius 2 is 1.63 bits per heavy atom. The molecule has 6 nitrogen and oxygen atoms in total. The van der Waals surface area contributed by atoms with Crippen molar-refractivity contribution in [3.8, 4) is 17.2 Å². The van der Waals surface area contributed by atoms with Gasteiger partial charge in [0.15, 0.2) is 0 Å². The van der Waals surface area contributed by atoms with Gasteiger partial charge in [0.2, 0.25) is 0 Å². The number of rotatable bonds is 7. The van der Waals surface area contributed by atoms with Crippen LogP contribution in [-0.2, 0) is 0 Å². The summed E-state index contributed by atoms with van der Waals surface area (Å²) < 4.78 is 15.8. The number of carbonyl (C=O) groups is 1. The van der Waals surface area contributed by atoms with Crippen molar-refractivity contribution in [1.82, 2.24) is 5.43 Å². The third-order valence-electron chi connectivity index (χ3n) is 4.22. The number of hydrazone groups is 1. The highest BCUT2D eigenvalue weighted by molar-refractivity contribution is 5.95. The fourth-order valence-corrected chi connectivity index (χ4v) is 2.65. The normalized spacial score (nSPS) is 10.9. The van der Waals surface area contributed by atoms with Crippen LogP contribution in [0, 0.1) is 6.92 Å². The molecule has 0 saturated heterocycles. The van der Waals surface area contributed by atoms with E-state index in [1.165, 1.54) is 14.2 Å². The van der Waals surface area contributed by atoms with Crippen molar-refractivity contribution in [3.63, 3.8) is 0 Å². The maximum atomic E-state index is 12.4. The van der Waals surface area contributed by atoms with Gasteiger partial charge in [0, 0.05) is 11.6 Å². The number of benzene rings is 2. The summed E-state index contributed by atoms with van der Waals surface area (Å²) in [6, 6.07) is 8.97. The van der Waals surface area contributed by atoms with Crippen LogP contribution in [0.3, 0.4) is 0 Å². The van der Waals surface area contributed by atoms with Crippen LogP contribution < -0.4 is 19.6 Å². The molecule has 0 aliphatic heterocycles. The highest BCUT2D eigenvalue weighted by Gasteiger charge is 2.11. The number of methoxy groups -OCH3 is 3. The van der Waals surface area contributed by atoms with Crippen molar-refractivity contribution >= 4 is 12.1 Å². The number of ether oxygens (including phenoxy) is 3. The van der Waals surface area contributed by atoms with Gasteiger partial charge in [0.05, 0.1) is 27.5 Å². The maximum Gasteiger partial charge on any atom is 0.271 e. The predicted molar refractivity (Wildman–Crippen MR) is 106 cm³/mol. The summed E-state index contributed by atoms with van der Waals surface area (Å²) in [4.78, 5) is 12.4. The zero-order chi connectivity index (χ0) is 20.0. The Balaban J connectivity index is 2.20. The average Bonchev–Trinajstić information content (AvgIpc) is 2.67. The van der Waals surface area contributed by atoms with E-state index in [9.17, 15) is 4.79 Å². The Labute approximate surface area is 160 Å². The highest BCUT2D eigenvalue weighted by Crippen LogP contribution is 2.29. The van der Waals surface area contributed by atoms with Crippen LogP contribution in [0.2, 0.25) is 0 Å². The fourth-order valence-electron chi connectivity index (χ4n) is 2.65. The van der Waals surface area contributed by atoms with Crippen LogP contribution in [0.15, 0.2) is 35.4 Å². The van der Waals surface area contributed by atoms with E-state index in [-0.39, 0.29) is 5.91 Å². The monoisotopic (exact) mass is 370 g/mol. The Morgan fingerprint density at radius 1 is 1.00 bits per heavy atom. The molecule has 27 heavy (non-hydrogen) atoms. The first-order valence-corrected chi connectivity index (χ1v) is 8.64. The van der Waals surface area contributed by atoms with E-state index < -0.39 is 0 Å². The van der Waals surface area contributed by atoms with Gasteiger partial charge in [-0.3, -0.25) is 4.79 Å². The van der Waals surface area contributed by atoms with Gasteiger partial charge in [-0.2, -0.15) is 5.10 Å². The Morgan fingerprint density at radius 3 is 2.15 bits per heavy atom. The van der Waals surface area contributed by atoms with E-state index in [0.29, 0.717) is 23.0 Å². The Kier molecular flexibility index (Phi) is 6.82. The molecule has 0 radical (unpaired) electrons. The van der Waals surface area contributed by atoms with Crippen molar-refractivity contribution in [3.05, 3.63) is 52.6 Å². The van der Waals surface area contributed by atoms with E-state index in [0.717, 1.165) is 22.4 Å². The molecule has 0 spiro atoms. The second-order valence-electron chi connectivity index (χ2n) is 6.41. The molecule has 6 heteroatoms. The molecule has 0 saturated carbocycles.